The lowest BCUT2D eigenvalue weighted by atomic mass is 9.73. The summed E-state index contributed by atoms with van der Waals surface area (Å²) in [4.78, 5) is 48.6. The molecule has 4 aliphatic rings. The number of hydrogen-bond acceptors (Lipinski definition) is 5. The summed E-state index contributed by atoms with van der Waals surface area (Å²) in [6.45, 7) is 3.95. The van der Waals surface area contributed by atoms with Crippen LogP contribution in [0.3, 0.4) is 0 Å². The smallest absolute Gasteiger partial charge is 0.249 e. The Balaban J connectivity index is 1.41. The fourth-order valence-electron chi connectivity index (χ4n) is 7.38. The Morgan fingerprint density at radius 2 is 1.38 bits per heavy atom. The molecule has 220 valence electrons. The quantitative estimate of drug-likeness (QED) is 0.370. The SMILES string of the molecule is CC[C@]12C=CCN(Cc3ccccc3)C(=O)[C@H]1[C@H]1C(=O)N(CCCCO)C3C(=O)N(Cc4ccccc4)CC=C[C@@]31O2. The van der Waals surface area contributed by atoms with E-state index in [1.807, 2.05) is 91.9 Å². The third kappa shape index (κ3) is 4.67. The van der Waals surface area contributed by atoms with Crippen LogP contribution in [-0.4, -0.2) is 81.0 Å². The van der Waals surface area contributed by atoms with Gasteiger partial charge in [0.1, 0.15) is 11.6 Å². The Bertz CT molecular complexity index is 1380. The van der Waals surface area contributed by atoms with Gasteiger partial charge in [-0.25, -0.2) is 0 Å². The Morgan fingerprint density at radius 1 is 0.786 bits per heavy atom. The summed E-state index contributed by atoms with van der Waals surface area (Å²) in [5.74, 6) is -2.11. The number of fused-ring (bicyclic) bond motifs is 2. The summed E-state index contributed by atoms with van der Waals surface area (Å²) in [6.07, 6.45) is 9.35. The normalized spacial score (nSPS) is 30.3. The maximum absolute atomic E-state index is 14.5. The summed E-state index contributed by atoms with van der Waals surface area (Å²) in [6, 6.07) is 18.8. The molecular weight excluding hydrogens is 530 g/mol. The number of aliphatic hydroxyl groups excluding tert-OH is 1. The summed E-state index contributed by atoms with van der Waals surface area (Å²) in [5, 5.41) is 9.47. The average Bonchev–Trinajstić information content (AvgIpc) is 3.30. The van der Waals surface area contributed by atoms with Gasteiger partial charge in [0.15, 0.2) is 0 Å². The van der Waals surface area contributed by atoms with Crippen molar-refractivity contribution in [2.75, 3.05) is 26.2 Å². The minimum Gasteiger partial charge on any atom is -0.396 e. The topological polar surface area (TPSA) is 90.4 Å². The maximum Gasteiger partial charge on any atom is 0.249 e. The van der Waals surface area contributed by atoms with Crippen molar-refractivity contribution in [1.29, 1.82) is 0 Å². The fraction of sp³-hybridized carbons (Fsp3) is 0.441. The number of hydrogen-bond donors (Lipinski definition) is 1. The highest BCUT2D eigenvalue weighted by molar-refractivity contribution is 6.00. The molecule has 2 saturated heterocycles. The number of amides is 3. The molecule has 42 heavy (non-hydrogen) atoms. The molecule has 1 N–H and O–H groups in total. The van der Waals surface area contributed by atoms with E-state index in [0.29, 0.717) is 52.0 Å². The highest BCUT2D eigenvalue weighted by Crippen LogP contribution is 2.58. The Kier molecular flexibility index (Phi) is 7.77. The van der Waals surface area contributed by atoms with Crippen LogP contribution < -0.4 is 0 Å². The molecule has 1 spiro atoms. The number of unbranched alkanes of at least 4 members (excludes halogenated alkanes) is 1. The third-order valence-electron chi connectivity index (χ3n) is 9.35. The number of aliphatic hydroxyl groups is 1. The van der Waals surface area contributed by atoms with Gasteiger partial charge in [0.05, 0.1) is 17.4 Å². The molecule has 0 saturated carbocycles. The molecule has 0 aromatic heterocycles. The minimum absolute atomic E-state index is 0.00501. The van der Waals surface area contributed by atoms with Crippen LogP contribution in [0.25, 0.3) is 0 Å². The van der Waals surface area contributed by atoms with E-state index in [-0.39, 0.29) is 24.3 Å². The number of carbonyl (C=O) groups excluding carboxylic acids is 3. The summed E-state index contributed by atoms with van der Waals surface area (Å²) < 4.78 is 7.04. The van der Waals surface area contributed by atoms with Crippen LogP contribution in [0.2, 0.25) is 0 Å². The van der Waals surface area contributed by atoms with E-state index in [9.17, 15) is 19.5 Å². The van der Waals surface area contributed by atoms with Crippen LogP contribution in [0, 0.1) is 11.8 Å². The first kappa shape index (κ1) is 28.4. The molecule has 1 unspecified atom stereocenters. The number of rotatable bonds is 9. The maximum atomic E-state index is 14.5. The van der Waals surface area contributed by atoms with Crippen molar-refractivity contribution in [2.24, 2.45) is 11.8 Å². The lowest BCUT2D eigenvalue weighted by Crippen LogP contribution is -2.56. The van der Waals surface area contributed by atoms with Gasteiger partial charge in [-0.3, -0.25) is 14.4 Å². The van der Waals surface area contributed by atoms with Crippen LogP contribution in [0.15, 0.2) is 85.0 Å². The van der Waals surface area contributed by atoms with Crippen molar-refractivity contribution in [1.82, 2.24) is 14.7 Å². The third-order valence-corrected chi connectivity index (χ3v) is 9.35. The molecule has 4 heterocycles. The van der Waals surface area contributed by atoms with Gasteiger partial charge in [-0.15, -0.1) is 0 Å². The summed E-state index contributed by atoms with van der Waals surface area (Å²) >= 11 is 0. The van der Waals surface area contributed by atoms with Crippen molar-refractivity contribution < 1.29 is 24.2 Å². The molecule has 8 heteroatoms. The van der Waals surface area contributed by atoms with Gasteiger partial charge < -0.3 is 24.5 Å². The van der Waals surface area contributed by atoms with Crippen molar-refractivity contribution in [3.63, 3.8) is 0 Å². The fourth-order valence-corrected chi connectivity index (χ4v) is 7.38. The van der Waals surface area contributed by atoms with Crippen LogP contribution in [-0.2, 0) is 32.2 Å². The van der Waals surface area contributed by atoms with Gasteiger partial charge in [-0.05, 0) is 30.4 Å². The predicted molar refractivity (Wildman–Crippen MR) is 158 cm³/mol. The molecule has 2 aromatic carbocycles. The monoisotopic (exact) mass is 569 g/mol. The van der Waals surface area contributed by atoms with Crippen molar-refractivity contribution in [3.8, 4) is 0 Å². The van der Waals surface area contributed by atoms with Crippen LogP contribution >= 0.6 is 0 Å². The molecular formula is C34H39N3O5. The Morgan fingerprint density at radius 3 is 1.98 bits per heavy atom. The molecule has 4 aliphatic heterocycles. The zero-order valence-corrected chi connectivity index (χ0v) is 24.1. The molecule has 0 bridgehead atoms. The second kappa shape index (κ2) is 11.5. The zero-order chi connectivity index (χ0) is 29.3. The molecule has 0 aliphatic carbocycles. The molecule has 5 atom stereocenters. The second-order valence-electron chi connectivity index (χ2n) is 11.8. The number of carbonyl (C=O) groups is 3. The van der Waals surface area contributed by atoms with Crippen LogP contribution in [0.1, 0.15) is 37.3 Å². The molecule has 2 fully saturated rings. The molecule has 6 rings (SSSR count). The van der Waals surface area contributed by atoms with E-state index in [2.05, 4.69) is 0 Å². The predicted octanol–water partition coefficient (Wildman–Crippen LogP) is 3.32. The van der Waals surface area contributed by atoms with E-state index >= 15 is 0 Å². The van der Waals surface area contributed by atoms with E-state index in [1.165, 1.54) is 0 Å². The average molecular weight is 570 g/mol. The number of benzene rings is 2. The number of likely N-dealkylation sites (tertiary alicyclic amines) is 1. The van der Waals surface area contributed by atoms with Crippen LogP contribution in [0.4, 0.5) is 0 Å². The largest absolute Gasteiger partial charge is 0.396 e. The Labute approximate surface area is 247 Å². The summed E-state index contributed by atoms with van der Waals surface area (Å²) in [7, 11) is 0. The van der Waals surface area contributed by atoms with Gasteiger partial charge in [-0.1, -0.05) is 91.9 Å². The van der Waals surface area contributed by atoms with E-state index in [1.54, 1.807) is 14.7 Å². The Hall–Kier alpha value is -3.75. The second-order valence-corrected chi connectivity index (χ2v) is 11.8. The van der Waals surface area contributed by atoms with Gasteiger partial charge in [0.2, 0.25) is 17.7 Å². The molecule has 2 aromatic rings. The van der Waals surface area contributed by atoms with E-state index in [0.717, 1.165) is 11.1 Å². The summed E-state index contributed by atoms with van der Waals surface area (Å²) in [5.41, 5.74) is -0.258. The van der Waals surface area contributed by atoms with Crippen LogP contribution in [0.5, 0.6) is 0 Å². The van der Waals surface area contributed by atoms with Gasteiger partial charge in [-0.2, -0.15) is 0 Å². The lowest BCUT2D eigenvalue weighted by molar-refractivity contribution is -0.154. The number of ether oxygens (including phenoxy) is 1. The molecule has 8 nitrogen and oxygen atoms in total. The number of nitrogens with zero attached hydrogens (tertiary/aromatic N) is 3. The van der Waals surface area contributed by atoms with Gasteiger partial charge >= 0.3 is 0 Å². The highest BCUT2D eigenvalue weighted by Gasteiger charge is 2.75. The first-order chi connectivity index (χ1) is 20.4. The minimum atomic E-state index is -1.27. The standard InChI is InChI=1S/C34H39N3O5/c1-2-33-17-11-19-35(23-25-13-5-3-6-14-25)30(39)27(33)28-31(40)37(21-9-10-22-38)29-32(41)36(20-12-18-34(28,29)42-33)24-26-15-7-4-8-16-26/h3-8,11-18,27-29,38H,2,9-10,19-24H2,1H3/t27-,28+,29?,33+,34+/m1/s1. The van der Waals surface area contributed by atoms with Crippen molar-refractivity contribution >= 4 is 17.7 Å². The zero-order valence-electron chi connectivity index (χ0n) is 24.1. The highest BCUT2D eigenvalue weighted by atomic mass is 16.5. The van der Waals surface area contributed by atoms with Gasteiger partial charge in [0, 0.05) is 39.3 Å². The molecule has 0 radical (unpaired) electrons. The van der Waals surface area contributed by atoms with E-state index in [4.69, 9.17) is 4.74 Å². The molecule has 3 amide bonds. The van der Waals surface area contributed by atoms with Crippen molar-refractivity contribution in [3.05, 3.63) is 96.1 Å². The first-order valence-corrected chi connectivity index (χ1v) is 15.1. The van der Waals surface area contributed by atoms with E-state index < -0.39 is 29.1 Å². The van der Waals surface area contributed by atoms with Gasteiger partial charge in [0.25, 0.3) is 0 Å². The first-order valence-electron chi connectivity index (χ1n) is 15.1. The van der Waals surface area contributed by atoms with Crippen molar-refractivity contribution in [2.45, 2.75) is 56.5 Å². The lowest BCUT2D eigenvalue weighted by Gasteiger charge is -2.38.